The van der Waals surface area contributed by atoms with Gasteiger partial charge in [0.25, 0.3) is 0 Å². The van der Waals surface area contributed by atoms with Gasteiger partial charge in [-0.15, -0.1) is 0 Å². The van der Waals surface area contributed by atoms with Crippen molar-refractivity contribution in [2.45, 2.75) is 17.6 Å². The summed E-state index contributed by atoms with van der Waals surface area (Å²) in [5.41, 5.74) is 0.489. The van der Waals surface area contributed by atoms with Crippen molar-refractivity contribution in [3.8, 4) is 0 Å². The Kier molecular flexibility index (Phi) is 3.44. The molecular formula is C13H12O5S. The molecule has 5 nitrogen and oxygen atoms in total. The molecule has 0 radical (unpaired) electrons. The summed E-state index contributed by atoms with van der Waals surface area (Å²) in [7, 11) is -3.63. The summed E-state index contributed by atoms with van der Waals surface area (Å²) in [6.07, 6.45) is 1.17. The van der Waals surface area contributed by atoms with E-state index in [0.29, 0.717) is 5.56 Å². The summed E-state index contributed by atoms with van der Waals surface area (Å²) in [5.74, 6) is -1.73. The predicted molar refractivity (Wildman–Crippen MR) is 67.7 cm³/mol. The lowest BCUT2D eigenvalue weighted by Gasteiger charge is -2.06. The second-order valence-electron chi connectivity index (χ2n) is 4.09. The first-order valence-electron chi connectivity index (χ1n) is 5.50. The molecule has 0 amide bonds. The van der Waals surface area contributed by atoms with Gasteiger partial charge in [0, 0.05) is 0 Å². The van der Waals surface area contributed by atoms with Gasteiger partial charge in [-0.25, -0.2) is 13.2 Å². The Hall–Kier alpha value is -2.08. The molecule has 1 heterocycles. The third kappa shape index (κ3) is 2.68. The third-order valence-electron chi connectivity index (χ3n) is 2.73. The van der Waals surface area contributed by atoms with Crippen molar-refractivity contribution >= 4 is 15.8 Å². The van der Waals surface area contributed by atoms with Gasteiger partial charge < -0.3 is 9.52 Å². The molecule has 0 unspecified atom stereocenters. The minimum atomic E-state index is -3.63. The van der Waals surface area contributed by atoms with Crippen molar-refractivity contribution in [3.05, 3.63) is 53.5 Å². The highest BCUT2D eigenvalue weighted by Gasteiger charge is 2.23. The van der Waals surface area contributed by atoms with Crippen LogP contribution in [0.4, 0.5) is 0 Å². The molecule has 0 saturated heterocycles. The van der Waals surface area contributed by atoms with Crippen molar-refractivity contribution in [1.82, 2.24) is 0 Å². The second-order valence-corrected chi connectivity index (χ2v) is 6.05. The highest BCUT2D eigenvalue weighted by atomic mass is 32.2. The Morgan fingerprint density at radius 2 is 1.95 bits per heavy atom. The normalized spacial score (nSPS) is 11.4. The smallest absolute Gasteiger partial charge is 0.339 e. The highest BCUT2D eigenvalue weighted by Crippen LogP contribution is 2.22. The molecule has 100 valence electrons. The van der Waals surface area contributed by atoms with E-state index in [2.05, 4.69) is 0 Å². The number of benzene rings is 1. The fourth-order valence-corrected chi connectivity index (χ4v) is 3.37. The summed E-state index contributed by atoms with van der Waals surface area (Å²) in [6.45, 7) is 1.69. The number of sulfone groups is 1. The molecule has 0 bridgehead atoms. The van der Waals surface area contributed by atoms with Gasteiger partial charge in [0.15, 0.2) is 9.84 Å². The monoisotopic (exact) mass is 280 g/mol. The van der Waals surface area contributed by atoms with Crippen LogP contribution in [0.2, 0.25) is 0 Å². The lowest BCUT2D eigenvalue weighted by Crippen LogP contribution is -2.09. The Bertz CT molecular complexity index is 712. The SMILES string of the molecule is Cc1ccccc1S(=O)(=O)Cc1occc1C(=O)O. The number of carboxylic acid groups (broad SMARTS) is 1. The van der Waals surface area contributed by atoms with Gasteiger partial charge >= 0.3 is 5.97 Å². The van der Waals surface area contributed by atoms with Gasteiger partial charge in [-0.1, -0.05) is 18.2 Å². The zero-order chi connectivity index (χ0) is 14.0. The van der Waals surface area contributed by atoms with E-state index in [1.807, 2.05) is 0 Å². The van der Waals surface area contributed by atoms with Crippen LogP contribution in [0.15, 0.2) is 45.9 Å². The van der Waals surface area contributed by atoms with E-state index < -0.39 is 21.6 Å². The van der Waals surface area contributed by atoms with Crippen molar-refractivity contribution in [2.24, 2.45) is 0 Å². The third-order valence-corrected chi connectivity index (χ3v) is 4.50. The quantitative estimate of drug-likeness (QED) is 0.928. The van der Waals surface area contributed by atoms with Gasteiger partial charge in [-0.2, -0.15) is 0 Å². The summed E-state index contributed by atoms with van der Waals surface area (Å²) >= 11 is 0. The molecule has 1 aromatic heterocycles. The standard InChI is InChI=1S/C13H12O5S/c1-9-4-2-3-5-12(9)19(16,17)8-11-10(13(14)15)6-7-18-11/h2-7H,8H2,1H3,(H,14,15). The molecule has 0 aliphatic rings. The molecule has 1 aromatic carbocycles. The van der Waals surface area contributed by atoms with Crippen LogP contribution < -0.4 is 0 Å². The topological polar surface area (TPSA) is 84.6 Å². The Labute approximate surface area is 110 Å². The van der Waals surface area contributed by atoms with Crippen molar-refractivity contribution in [2.75, 3.05) is 0 Å². The van der Waals surface area contributed by atoms with Crippen LogP contribution in [0.1, 0.15) is 21.7 Å². The van der Waals surface area contributed by atoms with Crippen LogP contribution in [0, 0.1) is 6.92 Å². The summed E-state index contributed by atoms with van der Waals surface area (Å²) in [5, 5.41) is 8.92. The Morgan fingerprint density at radius 3 is 2.58 bits per heavy atom. The summed E-state index contributed by atoms with van der Waals surface area (Å²) in [4.78, 5) is 11.1. The van der Waals surface area contributed by atoms with E-state index in [1.54, 1.807) is 25.1 Å². The average molecular weight is 280 g/mol. The largest absolute Gasteiger partial charge is 0.478 e. The molecule has 0 aliphatic heterocycles. The van der Waals surface area contributed by atoms with Crippen LogP contribution in [0.5, 0.6) is 0 Å². The number of aromatic carboxylic acids is 1. The van der Waals surface area contributed by atoms with Crippen LogP contribution >= 0.6 is 0 Å². The Morgan fingerprint density at radius 1 is 1.26 bits per heavy atom. The molecule has 0 saturated carbocycles. The van der Waals surface area contributed by atoms with Gasteiger partial charge in [-0.3, -0.25) is 0 Å². The second kappa shape index (κ2) is 4.89. The zero-order valence-electron chi connectivity index (χ0n) is 10.2. The van der Waals surface area contributed by atoms with E-state index in [-0.39, 0.29) is 16.2 Å². The van der Waals surface area contributed by atoms with Crippen LogP contribution in [0.3, 0.4) is 0 Å². The molecule has 0 fully saturated rings. The molecular weight excluding hydrogens is 268 g/mol. The van der Waals surface area contributed by atoms with Crippen LogP contribution in [-0.4, -0.2) is 19.5 Å². The van der Waals surface area contributed by atoms with Crippen molar-refractivity contribution in [3.63, 3.8) is 0 Å². The molecule has 0 aliphatic carbocycles. The van der Waals surface area contributed by atoms with Gasteiger partial charge in [0.1, 0.15) is 17.1 Å². The van der Waals surface area contributed by atoms with E-state index in [1.165, 1.54) is 18.4 Å². The number of rotatable bonds is 4. The lowest BCUT2D eigenvalue weighted by molar-refractivity contribution is 0.0695. The fraction of sp³-hybridized carbons (Fsp3) is 0.154. The maximum atomic E-state index is 12.2. The molecule has 6 heteroatoms. The number of hydrogen-bond donors (Lipinski definition) is 1. The zero-order valence-corrected chi connectivity index (χ0v) is 11.0. The van der Waals surface area contributed by atoms with E-state index >= 15 is 0 Å². The lowest BCUT2D eigenvalue weighted by atomic mass is 10.2. The maximum Gasteiger partial charge on any atom is 0.339 e. The number of carboxylic acids is 1. The number of furan rings is 1. The first-order valence-corrected chi connectivity index (χ1v) is 7.15. The molecule has 2 rings (SSSR count). The van der Waals surface area contributed by atoms with Crippen molar-refractivity contribution < 1.29 is 22.7 Å². The van der Waals surface area contributed by atoms with Crippen LogP contribution in [-0.2, 0) is 15.6 Å². The first kappa shape index (κ1) is 13.4. The van der Waals surface area contributed by atoms with Gasteiger partial charge in [-0.05, 0) is 24.6 Å². The Balaban J connectivity index is 2.40. The maximum absolute atomic E-state index is 12.2. The highest BCUT2D eigenvalue weighted by molar-refractivity contribution is 7.90. The summed E-state index contributed by atoms with van der Waals surface area (Å²) in [6, 6.07) is 7.79. The number of carbonyl (C=O) groups is 1. The van der Waals surface area contributed by atoms with E-state index in [9.17, 15) is 13.2 Å². The number of hydrogen-bond acceptors (Lipinski definition) is 4. The van der Waals surface area contributed by atoms with Crippen molar-refractivity contribution in [1.29, 1.82) is 0 Å². The molecule has 2 aromatic rings. The molecule has 0 spiro atoms. The molecule has 19 heavy (non-hydrogen) atoms. The predicted octanol–water partition coefficient (Wildman–Crippen LogP) is 2.26. The first-order chi connectivity index (χ1) is 8.92. The number of aryl methyl sites for hydroxylation is 1. The minimum absolute atomic E-state index is 0.0595. The molecule has 0 atom stereocenters. The van der Waals surface area contributed by atoms with Gasteiger partial charge in [0.05, 0.1) is 11.2 Å². The summed E-state index contributed by atoms with van der Waals surface area (Å²) < 4.78 is 29.4. The average Bonchev–Trinajstić information content (AvgIpc) is 2.76. The van der Waals surface area contributed by atoms with E-state index in [0.717, 1.165) is 0 Å². The van der Waals surface area contributed by atoms with E-state index in [4.69, 9.17) is 9.52 Å². The minimum Gasteiger partial charge on any atom is -0.478 e. The molecule has 1 N–H and O–H groups in total. The van der Waals surface area contributed by atoms with Gasteiger partial charge in [0.2, 0.25) is 0 Å². The van der Waals surface area contributed by atoms with Crippen LogP contribution in [0.25, 0.3) is 0 Å². The fourth-order valence-electron chi connectivity index (χ4n) is 1.80.